The van der Waals surface area contributed by atoms with Crippen molar-refractivity contribution in [1.29, 1.82) is 5.41 Å². The van der Waals surface area contributed by atoms with E-state index in [1.165, 1.54) is 0 Å². The van der Waals surface area contributed by atoms with Gasteiger partial charge in [-0.3, -0.25) is 10.3 Å². The number of hydrogen-bond donors (Lipinski definition) is 4. The summed E-state index contributed by atoms with van der Waals surface area (Å²) >= 11 is 4.35. The lowest BCUT2D eigenvalue weighted by molar-refractivity contribution is -0.192. The zero-order valence-electron chi connectivity index (χ0n) is 12.6. The van der Waals surface area contributed by atoms with E-state index in [1.807, 2.05) is 17.0 Å². The number of hydrogen-bond acceptors (Lipinski definition) is 5. The number of nitrogens with one attached hydrogen (secondary N) is 1. The van der Waals surface area contributed by atoms with Crippen LogP contribution in [0.25, 0.3) is 0 Å². The van der Waals surface area contributed by atoms with E-state index in [9.17, 15) is 13.2 Å². The number of rotatable bonds is 2. The Labute approximate surface area is 142 Å². The number of aliphatic carboxylic acids is 1. The molecule has 1 fully saturated rings. The monoisotopic (exact) mass is 365 g/mol. The second-order valence-electron chi connectivity index (χ2n) is 4.94. The van der Waals surface area contributed by atoms with Gasteiger partial charge >= 0.3 is 12.1 Å². The van der Waals surface area contributed by atoms with Crippen molar-refractivity contribution in [2.75, 3.05) is 26.2 Å². The van der Waals surface area contributed by atoms with Crippen molar-refractivity contribution in [3.63, 3.8) is 0 Å². The molecule has 0 aliphatic carbocycles. The second-order valence-corrected chi connectivity index (χ2v) is 5.36. The molecular weight excluding hydrogens is 347 g/mol. The van der Waals surface area contributed by atoms with E-state index in [4.69, 9.17) is 21.0 Å². The highest BCUT2D eigenvalue weighted by molar-refractivity contribution is 7.80. The summed E-state index contributed by atoms with van der Waals surface area (Å²) in [6.07, 6.45) is -3.33. The third-order valence-corrected chi connectivity index (χ3v) is 3.62. The molecular formula is C13H18F3N5O2S. The topological polar surface area (TPSA) is 107 Å². The Kier molecular flexibility index (Phi) is 7.29. The second kappa shape index (κ2) is 8.73. The Balaban J connectivity index is 0.000000351. The van der Waals surface area contributed by atoms with Crippen molar-refractivity contribution in [3.8, 4) is 0 Å². The van der Waals surface area contributed by atoms with Gasteiger partial charge in [0.25, 0.3) is 0 Å². The van der Waals surface area contributed by atoms with Gasteiger partial charge in [0, 0.05) is 38.9 Å². The largest absolute Gasteiger partial charge is 0.490 e. The van der Waals surface area contributed by atoms with Gasteiger partial charge in [-0.05, 0) is 11.6 Å². The highest BCUT2D eigenvalue weighted by atomic mass is 32.1. The quantitative estimate of drug-likeness (QED) is 0.354. The molecule has 0 radical (unpaired) electrons. The number of alkyl halides is 3. The number of carbonyl (C=O) groups is 1. The molecule has 4 N–H and O–H groups in total. The normalized spacial score (nSPS) is 15.4. The fourth-order valence-corrected chi connectivity index (χ4v) is 2.15. The first-order valence-corrected chi connectivity index (χ1v) is 7.30. The Morgan fingerprint density at radius 3 is 2.33 bits per heavy atom. The van der Waals surface area contributed by atoms with Crippen LogP contribution in [0.2, 0.25) is 0 Å². The van der Waals surface area contributed by atoms with Crippen molar-refractivity contribution < 1.29 is 23.1 Å². The summed E-state index contributed by atoms with van der Waals surface area (Å²) in [7, 11) is 0. The summed E-state index contributed by atoms with van der Waals surface area (Å²) < 4.78 is 31.7. The predicted octanol–water partition coefficient (Wildman–Crippen LogP) is 1.01. The predicted molar refractivity (Wildman–Crippen MR) is 83.9 cm³/mol. The zero-order chi connectivity index (χ0) is 18.3. The fraction of sp³-hybridized carbons (Fsp3) is 0.462. The maximum Gasteiger partial charge on any atom is 0.490 e. The molecule has 0 amide bonds. The molecule has 1 aliphatic rings. The maximum absolute atomic E-state index is 10.6. The summed E-state index contributed by atoms with van der Waals surface area (Å²) in [4.78, 5) is 17.3. The van der Waals surface area contributed by atoms with Gasteiger partial charge in [0.15, 0.2) is 5.96 Å². The summed E-state index contributed by atoms with van der Waals surface area (Å²) in [6.45, 7) is 4.33. The Bertz CT molecular complexity index is 577. The van der Waals surface area contributed by atoms with Crippen molar-refractivity contribution in [3.05, 3.63) is 23.9 Å². The molecule has 0 spiro atoms. The number of carboxylic acid groups (broad SMARTS) is 1. The molecule has 11 heteroatoms. The van der Waals surface area contributed by atoms with Crippen LogP contribution >= 0.6 is 12.6 Å². The highest BCUT2D eigenvalue weighted by Crippen LogP contribution is 2.14. The molecule has 1 aromatic rings. The number of halogens is 3. The van der Waals surface area contributed by atoms with Crippen LogP contribution in [0.5, 0.6) is 0 Å². The summed E-state index contributed by atoms with van der Waals surface area (Å²) in [5.41, 5.74) is 6.60. The molecule has 7 nitrogen and oxygen atoms in total. The van der Waals surface area contributed by atoms with E-state index in [0.717, 1.165) is 43.3 Å². The Morgan fingerprint density at radius 2 is 1.92 bits per heavy atom. The van der Waals surface area contributed by atoms with E-state index >= 15 is 0 Å². The standard InChI is InChI=1S/C11H17N5S.C2HF3O2/c12-11(13)16-6-4-15(5-7-16)8-9-2-1-3-14-10(9)17;3-2(4,5)1(6)7/h1-3H,4-8H2,(H3,12,13)(H,14,17);(H,6,7). The smallest absolute Gasteiger partial charge is 0.475 e. The molecule has 0 unspecified atom stereocenters. The zero-order valence-corrected chi connectivity index (χ0v) is 13.5. The first kappa shape index (κ1) is 20.0. The van der Waals surface area contributed by atoms with E-state index in [2.05, 4.69) is 22.5 Å². The number of guanidine groups is 1. The van der Waals surface area contributed by atoms with Crippen LogP contribution in [0, 0.1) is 5.41 Å². The van der Waals surface area contributed by atoms with Crippen molar-refractivity contribution in [2.24, 2.45) is 5.73 Å². The number of nitrogens with zero attached hydrogens (tertiary/aromatic N) is 3. The molecule has 1 saturated heterocycles. The van der Waals surface area contributed by atoms with Gasteiger partial charge in [-0.1, -0.05) is 6.07 Å². The molecule has 0 bridgehead atoms. The summed E-state index contributed by atoms with van der Waals surface area (Å²) in [6, 6.07) is 3.98. The van der Waals surface area contributed by atoms with Gasteiger partial charge in [-0.25, -0.2) is 9.78 Å². The van der Waals surface area contributed by atoms with Crippen LogP contribution in [0.1, 0.15) is 5.56 Å². The van der Waals surface area contributed by atoms with E-state index in [1.54, 1.807) is 6.20 Å². The van der Waals surface area contributed by atoms with E-state index < -0.39 is 12.1 Å². The summed E-state index contributed by atoms with van der Waals surface area (Å²) in [5.74, 6) is -2.59. The first-order chi connectivity index (χ1) is 11.1. The lowest BCUT2D eigenvalue weighted by Crippen LogP contribution is -2.50. The first-order valence-electron chi connectivity index (χ1n) is 6.85. The van der Waals surface area contributed by atoms with Crippen LogP contribution < -0.4 is 5.73 Å². The molecule has 24 heavy (non-hydrogen) atoms. The van der Waals surface area contributed by atoms with Crippen LogP contribution in [0.3, 0.4) is 0 Å². The van der Waals surface area contributed by atoms with Gasteiger partial charge in [0.1, 0.15) is 0 Å². The van der Waals surface area contributed by atoms with Crippen molar-refractivity contribution in [2.45, 2.75) is 17.7 Å². The molecule has 0 saturated carbocycles. The molecule has 2 rings (SSSR count). The maximum atomic E-state index is 10.6. The van der Waals surface area contributed by atoms with Gasteiger partial charge in [0.05, 0.1) is 5.03 Å². The fourth-order valence-electron chi connectivity index (χ4n) is 1.94. The van der Waals surface area contributed by atoms with Crippen LogP contribution in [0.4, 0.5) is 13.2 Å². The minimum Gasteiger partial charge on any atom is -0.475 e. The SMILES string of the molecule is N=C(N)N1CCN(Cc2cccnc2S)CC1.O=C(O)C(F)(F)F. The number of aromatic nitrogens is 1. The van der Waals surface area contributed by atoms with Crippen LogP contribution in [-0.2, 0) is 11.3 Å². The summed E-state index contributed by atoms with van der Waals surface area (Å²) in [5, 5.41) is 15.3. The van der Waals surface area contributed by atoms with Gasteiger partial charge in [-0.2, -0.15) is 13.2 Å². The molecule has 1 aliphatic heterocycles. The molecule has 0 aromatic carbocycles. The van der Waals surface area contributed by atoms with Crippen molar-refractivity contribution >= 4 is 24.6 Å². The Hall–Kier alpha value is -2.01. The van der Waals surface area contributed by atoms with Crippen LogP contribution in [0.15, 0.2) is 23.4 Å². The molecule has 1 aromatic heterocycles. The van der Waals surface area contributed by atoms with Gasteiger partial charge in [-0.15, -0.1) is 12.6 Å². The molecule has 134 valence electrons. The van der Waals surface area contributed by atoms with E-state index in [-0.39, 0.29) is 5.96 Å². The lowest BCUT2D eigenvalue weighted by atomic mass is 10.2. The number of piperazine rings is 1. The number of thiol groups is 1. The lowest BCUT2D eigenvalue weighted by Gasteiger charge is -2.34. The number of pyridine rings is 1. The Morgan fingerprint density at radius 1 is 1.38 bits per heavy atom. The number of carboxylic acids is 1. The van der Waals surface area contributed by atoms with Gasteiger partial charge in [0.2, 0.25) is 0 Å². The molecule has 2 heterocycles. The minimum absolute atomic E-state index is 0.168. The third kappa shape index (κ3) is 6.62. The number of nitrogens with two attached hydrogens (primary N) is 1. The van der Waals surface area contributed by atoms with Crippen LogP contribution in [-0.4, -0.2) is 64.2 Å². The third-order valence-electron chi connectivity index (χ3n) is 3.22. The average molecular weight is 365 g/mol. The average Bonchev–Trinajstić information content (AvgIpc) is 2.50. The molecule has 0 atom stereocenters. The van der Waals surface area contributed by atoms with E-state index in [0.29, 0.717) is 0 Å². The van der Waals surface area contributed by atoms with Crippen molar-refractivity contribution in [1.82, 2.24) is 14.8 Å². The van der Waals surface area contributed by atoms with Gasteiger partial charge < -0.3 is 15.7 Å². The minimum atomic E-state index is -5.08. The highest BCUT2D eigenvalue weighted by Gasteiger charge is 2.38.